The van der Waals surface area contributed by atoms with Gasteiger partial charge in [-0.2, -0.15) is 0 Å². The second-order valence-corrected chi connectivity index (χ2v) is 3.60. The Hall–Kier alpha value is -2.03. The summed E-state index contributed by atoms with van der Waals surface area (Å²) < 4.78 is 5.60. The molecule has 3 heteroatoms. The van der Waals surface area contributed by atoms with Gasteiger partial charge in [0, 0.05) is 6.20 Å². The maximum absolute atomic E-state index is 5.60. The van der Waals surface area contributed by atoms with Crippen LogP contribution in [0.2, 0.25) is 0 Å². The van der Waals surface area contributed by atoms with Crippen molar-refractivity contribution in [1.82, 2.24) is 4.98 Å². The van der Waals surface area contributed by atoms with Crippen LogP contribution in [-0.4, -0.2) is 18.1 Å². The fraction of sp³-hybridized carbons (Fsp3) is 0.154. The Kier molecular flexibility index (Phi) is 2.22. The smallest absolute Gasteiger partial charge is 0.143 e. The van der Waals surface area contributed by atoms with E-state index >= 15 is 0 Å². The van der Waals surface area contributed by atoms with E-state index in [4.69, 9.17) is 4.74 Å². The molecule has 2 heterocycles. The Morgan fingerprint density at radius 3 is 3.00 bits per heavy atom. The van der Waals surface area contributed by atoms with Crippen LogP contribution in [0.15, 0.2) is 42.6 Å². The Morgan fingerprint density at radius 2 is 2.12 bits per heavy atom. The van der Waals surface area contributed by atoms with Crippen molar-refractivity contribution in [3.8, 4) is 5.75 Å². The second kappa shape index (κ2) is 3.85. The summed E-state index contributed by atoms with van der Waals surface area (Å²) in [7, 11) is 0. The van der Waals surface area contributed by atoms with Gasteiger partial charge >= 0.3 is 0 Å². The molecule has 0 atom stereocenters. The van der Waals surface area contributed by atoms with Gasteiger partial charge < -0.3 is 9.64 Å². The zero-order valence-electron chi connectivity index (χ0n) is 8.76. The molecule has 1 aromatic carbocycles. The number of ether oxygens (including phenoxy) is 1. The lowest BCUT2D eigenvalue weighted by Crippen LogP contribution is -2.28. The van der Waals surface area contributed by atoms with Crippen LogP contribution >= 0.6 is 0 Å². The third kappa shape index (κ3) is 1.50. The number of para-hydroxylation sites is 2. The first-order valence-electron chi connectivity index (χ1n) is 5.27. The van der Waals surface area contributed by atoms with Crippen LogP contribution in [0.25, 0.3) is 0 Å². The fourth-order valence-corrected chi connectivity index (χ4v) is 1.89. The van der Waals surface area contributed by atoms with Crippen molar-refractivity contribution in [3.05, 3.63) is 48.8 Å². The molecule has 0 saturated carbocycles. The fourth-order valence-electron chi connectivity index (χ4n) is 1.89. The predicted octanol–water partition coefficient (Wildman–Crippen LogP) is 2.41. The minimum Gasteiger partial charge on any atom is -0.490 e. The van der Waals surface area contributed by atoms with Crippen LogP contribution in [0, 0.1) is 6.20 Å². The van der Waals surface area contributed by atoms with Gasteiger partial charge in [-0.1, -0.05) is 12.1 Å². The van der Waals surface area contributed by atoms with Crippen LogP contribution in [0.3, 0.4) is 0 Å². The van der Waals surface area contributed by atoms with E-state index in [1.807, 2.05) is 30.3 Å². The molecule has 0 saturated heterocycles. The first-order chi connectivity index (χ1) is 7.95. The van der Waals surface area contributed by atoms with Crippen molar-refractivity contribution in [3.63, 3.8) is 0 Å². The molecule has 0 N–H and O–H groups in total. The first kappa shape index (κ1) is 9.21. The number of anilines is 2. The van der Waals surface area contributed by atoms with Gasteiger partial charge in [0.15, 0.2) is 0 Å². The number of benzene rings is 1. The van der Waals surface area contributed by atoms with Crippen LogP contribution in [0.1, 0.15) is 0 Å². The number of pyridine rings is 1. The van der Waals surface area contributed by atoms with Crippen LogP contribution in [0.5, 0.6) is 5.75 Å². The SMILES string of the molecule is [c]1ncccc1N1CCOc2ccccc21. The summed E-state index contributed by atoms with van der Waals surface area (Å²) in [5.74, 6) is 0.922. The highest BCUT2D eigenvalue weighted by Crippen LogP contribution is 2.35. The standard InChI is InChI=1S/C13H11N2O/c1-2-6-13-12(5-1)15(8-9-16-13)11-4-3-7-14-10-11/h1-7H,8-9H2. The molecule has 0 bridgehead atoms. The summed E-state index contributed by atoms with van der Waals surface area (Å²) >= 11 is 0. The summed E-state index contributed by atoms with van der Waals surface area (Å²) in [5, 5.41) is 0. The summed E-state index contributed by atoms with van der Waals surface area (Å²) in [4.78, 5) is 6.20. The first-order valence-corrected chi connectivity index (χ1v) is 5.27. The van der Waals surface area contributed by atoms with Gasteiger partial charge in [0.25, 0.3) is 0 Å². The predicted molar refractivity (Wildman–Crippen MR) is 62.0 cm³/mol. The maximum atomic E-state index is 5.60. The zero-order valence-corrected chi connectivity index (χ0v) is 8.76. The Morgan fingerprint density at radius 1 is 1.19 bits per heavy atom. The molecule has 3 nitrogen and oxygen atoms in total. The molecule has 79 valence electrons. The average molecular weight is 211 g/mol. The quantitative estimate of drug-likeness (QED) is 0.724. The highest BCUT2D eigenvalue weighted by molar-refractivity contribution is 5.69. The van der Waals surface area contributed by atoms with Crippen molar-refractivity contribution in [2.45, 2.75) is 0 Å². The monoisotopic (exact) mass is 211 g/mol. The van der Waals surface area contributed by atoms with Crippen molar-refractivity contribution in [2.24, 2.45) is 0 Å². The number of nitrogens with zero attached hydrogens (tertiary/aromatic N) is 2. The minimum absolute atomic E-state index is 0.694. The number of hydrogen-bond donors (Lipinski definition) is 0. The van der Waals surface area contributed by atoms with E-state index in [1.165, 1.54) is 0 Å². The van der Waals surface area contributed by atoms with Crippen molar-refractivity contribution < 1.29 is 4.74 Å². The minimum atomic E-state index is 0.694. The molecule has 1 aliphatic rings. The number of aromatic nitrogens is 1. The van der Waals surface area contributed by atoms with Gasteiger partial charge in [-0.25, -0.2) is 0 Å². The Balaban J connectivity index is 2.05. The summed E-state index contributed by atoms with van der Waals surface area (Å²) in [6.07, 6.45) is 4.73. The largest absolute Gasteiger partial charge is 0.490 e. The van der Waals surface area contributed by atoms with E-state index < -0.39 is 0 Å². The third-order valence-corrected chi connectivity index (χ3v) is 2.61. The lowest BCUT2D eigenvalue weighted by atomic mass is 10.2. The Bertz CT molecular complexity index is 484. The number of fused-ring (bicyclic) bond motifs is 1. The molecular weight excluding hydrogens is 200 g/mol. The molecule has 1 aliphatic heterocycles. The lowest BCUT2D eigenvalue weighted by molar-refractivity contribution is 0.314. The highest BCUT2D eigenvalue weighted by atomic mass is 16.5. The van der Waals surface area contributed by atoms with Gasteiger partial charge in [-0.3, -0.25) is 4.98 Å². The van der Waals surface area contributed by atoms with E-state index in [9.17, 15) is 0 Å². The normalized spacial score (nSPS) is 14.1. The van der Waals surface area contributed by atoms with E-state index in [2.05, 4.69) is 22.1 Å². The van der Waals surface area contributed by atoms with Gasteiger partial charge in [0.1, 0.15) is 18.6 Å². The van der Waals surface area contributed by atoms with E-state index in [0.29, 0.717) is 6.61 Å². The van der Waals surface area contributed by atoms with Gasteiger partial charge in [-0.05, 0) is 24.3 Å². The molecule has 1 aromatic heterocycles. The molecule has 1 radical (unpaired) electrons. The second-order valence-electron chi connectivity index (χ2n) is 3.60. The van der Waals surface area contributed by atoms with Crippen molar-refractivity contribution in [1.29, 1.82) is 0 Å². The molecular formula is C13H11N2O. The molecule has 3 rings (SSSR count). The maximum Gasteiger partial charge on any atom is 0.143 e. The van der Waals surface area contributed by atoms with E-state index in [0.717, 1.165) is 23.7 Å². The lowest BCUT2D eigenvalue weighted by Gasteiger charge is -2.30. The molecule has 0 spiro atoms. The number of rotatable bonds is 1. The van der Waals surface area contributed by atoms with Crippen LogP contribution in [-0.2, 0) is 0 Å². The van der Waals surface area contributed by atoms with Crippen molar-refractivity contribution in [2.75, 3.05) is 18.1 Å². The summed E-state index contributed by atoms with van der Waals surface area (Å²) in [5.41, 5.74) is 2.07. The molecule has 0 unspecified atom stereocenters. The van der Waals surface area contributed by atoms with E-state index in [1.54, 1.807) is 6.20 Å². The molecule has 0 aliphatic carbocycles. The number of hydrogen-bond acceptors (Lipinski definition) is 3. The van der Waals surface area contributed by atoms with E-state index in [-0.39, 0.29) is 0 Å². The molecule has 0 amide bonds. The third-order valence-electron chi connectivity index (χ3n) is 2.61. The topological polar surface area (TPSA) is 25.4 Å². The summed E-state index contributed by atoms with van der Waals surface area (Å²) in [6, 6.07) is 12.0. The van der Waals surface area contributed by atoms with Gasteiger partial charge in [-0.15, -0.1) is 0 Å². The highest BCUT2D eigenvalue weighted by Gasteiger charge is 2.18. The zero-order chi connectivity index (χ0) is 10.8. The van der Waals surface area contributed by atoms with Crippen LogP contribution < -0.4 is 9.64 Å². The van der Waals surface area contributed by atoms with Gasteiger partial charge in [0.2, 0.25) is 0 Å². The Labute approximate surface area is 94.3 Å². The van der Waals surface area contributed by atoms with Crippen molar-refractivity contribution >= 4 is 11.4 Å². The summed E-state index contributed by atoms with van der Waals surface area (Å²) in [6.45, 7) is 1.53. The van der Waals surface area contributed by atoms with Crippen LogP contribution in [0.4, 0.5) is 11.4 Å². The van der Waals surface area contributed by atoms with Gasteiger partial charge in [0.05, 0.1) is 17.9 Å². The average Bonchev–Trinajstić information content (AvgIpc) is 2.39. The molecule has 2 aromatic rings. The molecule has 16 heavy (non-hydrogen) atoms. The molecule has 0 fully saturated rings.